The van der Waals surface area contributed by atoms with E-state index in [1.54, 1.807) is 0 Å². The number of benzene rings is 1. The Morgan fingerprint density at radius 2 is 1.81 bits per heavy atom. The number of nitrogens with one attached hydrogen (secondary N) is 3. The van der Waals surface area contributed by atoms with Gasteiger partial charge in [0.25, 0.3) is 0 Å². The average Bonchev–Trinajstić information content (AvgIpc) is 3.27. The molecular weight excluding hydrogens is 338 g/mol. The fourth-order valence-electron chi connectivity index (χ4n) is 1.67. The number of halogens is 1. The van der Waals surface area contributed by atoms with Gasteiger partial charge in [-0.15, -0.1) is 0 Å². The Kier molecular flexibility index (Phi) is 5.32. The Hall–Kier alpha value is -1.89. The van der Waals surface area contributed by atoms with Gasteiger partial charge in [0.1, 0.15) is 0 Å². The van der Waals surface area contributed by atoms with E-state index in [1.165, 1.54) is 0 Å². The number of hydrazine groups is 1. The first-order chi connectivity index (χ1) is 10.1. The fraction of sp³-hybridized carbons (Fsp3) is 0.357. The van der Waals surface area contributed by atoms with Crippen LogP contribution in [-0.2, 0) is 20.8 Å². The van der Waals surface area contributed by atoms with Gasteiger partial charge in [-0.3, -0.25) is 25.2 Å². The second kappa shape index (κ2) is 7.21. The van der Waals surface area contributed by atoms with Gasteiger partial charge in [0.15, 0.2) is 0 Å². The highest BCUT2D eigenvalue weighted by Crippen LogP contribution is 2.18. The molecule has 1 saturated carbocycles. The highest BCUT2D eigenvalue weighted by molar-refractivity contribution is 9.10. The Labute approximate surface area is 130 Å². The van der Waals surface area contributed by atoms with Crippen LogP contribution in [0, 0.1) is 0 Å². The number of aryl methyl sites for hydroxylation is 1. The summed E-state index contributed by atoms with van der Waals surface area (Å²) >= 11 is 3.40. The fourth-order valence-corrected chi connectivity index (χ4v) is 2.16. The van der Waals surface area contributed by atoms with E-state index >= 15 is 0 Å². The molecule has 1 aliphatic rings. The first-order valence-corrected chi connectivity index (χ1v) is 7.48. The molecule has 0 aromatic heterocycles. The van der Waals surface area contributed by atoms with Crippen LogP contribution in [0.5, 0.6) is 0 Å². The summed E-state index contributed by atoms with van der Waals surface area (Å²) in [6, 6.07) is 7.71. The van der Waals surface area contributed by atoms with Crippen LogP contribution in [0.25, 0.3) is 0 Å². The quantitative estimate of drug-likeness (QED) is 0.552. The molecule has 0 radical (unpaired) electrons. The second-order valence-electron chi connectivity index (χ2n) is 4.84. The van der Waals surface area contributed by atoms with Gasteiger partial charge < -0.3 is 5.32 Å². The van der Waals surface area contributed by atoms with Crippen LogP contribution in [0.15, 0.2) is 28.7 Å². The molecule has 21 heavy (non-hydrogen) atoms. The van der Waals surface area contributed by atoms with Crippen molar-refractivity contribution in [3.63, 3.8) is 0 Å². The van der Waals surface area contributed by atoms with Crippen molar-refractivity contribution in [3.05, 3.63) is 34.3 Å². The molecule has 0 aliphatic heterocycles. The molecule has 7 heteroatoms. The van der Waals surface area contributed by atoms with E-state index in [1.807, 2.05) is 24.3 Å². The standard InChI is InChI=1S/C14H16BrN3O3/c15-11-4-2-1-3-9(11)5-8-12(19)17-18-14(21)13(20)16-10-6-7-10/h1-4,10H,5-8H2,(H,16,20)(H,17,19)(H,18,21). The monoisotopic (exact) mass is 353 g/mol. The molecule has 0 heterocycles. The third kappa shape index (κ3) is 5.18. The van der Waals surface area contributed by atoms with Gasteiger partial charge in [-0.2, -0.15) is 0 Å². The topological polar surface area (TPSA) is 87.3 Å². The van der Waals surface area contributed by atoms with E-state index in [2.05, 4.69) is 32.1 Å². The maximum atomic E-state index is 11.6. The predicted molar refractivity (Wildman–Crippen MR) is 79.9 cm³/mol. The van der Waals surface area contributed by atoms with Crippen molar-refractivity contribution in [2.24, 2.45) is 0 Å². The molecule has 1 aliphatic carbocycles. The lowest BCUT2D eigenvalue weighted by Crippen LogP contribution is -2.49. The molecule has 1 aromatic rings. The van der Waals surface area contributed by atoms with E-state index in [-0.39, 0.29) is 18.4 Å². The second-order valence-corrected chi connectivity index (χ2v) is 5.70. The van der Waals surface area contributed by atoms with E-state index in [0.29, 0.717) is 6.42 Å². The number of rotatable bonds is 4. The number of hydrogen-bond acceptors (Lipinski definition) is 3. The van der Waals surface area contributed by atoms with E-state index in [0.717, 1.165) is 22.9 Å². The lowest BCUT2D eigenvalue weighted by molar-refractivity contribution is -0.141. The van der Waals surface area contributed by atoms with Crippen LogP contribution in [-0.4, -0.2) is 23.8 Å². The largest absolute Gasteiger partial charge is 0.345 e. The van der Waals surface area contributed by atoms with Gasteiger partial charge in [0, 0.05) is 16.9 Å². The third-order valence-corrected chi connectivity index (χ3v) is 3.79. The summed E-state index contributed by atoms with van der Waals surface area (Å²) in [6.45, 7) is 0. The summed E-state index contributed by atoms with van der Waals surface area (Å²) < 4.78 is 0.936. The molecule has 2 rings (SSSR count). The van der Waals surface area contributed by atoms with Gasteiger partial charge in [0.2, 0.25) is 5.91 Å². The minimum absolute atomic E-state index is 0.106. The lowest BCUT2D eigenvalue weighted by Gasteiger charge is -2.08. The number of carbonyl (C=O) groups is 3. The molecule has 1 fully saturated rings. The van der Waals surface area contributed by atoms with Gasteiger partial charge >= 0.3 is 11.8 Å². The summed E-state index contributed by atoms with van der Waals surface area (Å²) in [5.41, 5.74) is 5.34. The smallest absolute Gasteiger partial charge is 0.327 e. The van der Waals surface area contributed by atoms with Crippen molar-refractivity contribution in [3.8, 4) is 0 Å². The zero-order valence-electron chi connectivity index (χ0n) is 11.3. The van der Waals surface area contributed by atoms with Crippen molar-refractivity contribution in [1.82, 2.24) is 16.2 Å². The van der Waals surface area contributed by atoms with Crippen LogP contribution < -0.4 is 16.2 Å². The summed E-state index contributed by atoms with van der Waals surface area (Å²) in [5.74, 6) is -1.92. The highest BCUT2D eigenvalue weighted by Gasteiger charge is 2.26. The SMILES string of the molecule is O=C(CCc1ccccc1Br)NNC(=O)C(=O)NC1CC1. The average molecular weight is 354 g/mol. The molecular formula is C14H16BrN3O3. The zero-order chi connectivity index (χ0) is 15.2. The molecule has 3 amide bonds. The van der Waals surface area contributed by atoms with Gasteiger partial charge in [-0.1, -0.05) is 34.1 Å². The molecule has 0 unspecified atom stereocenters. The number of amides is 3. The van der Waals surface area contributed by atoms with Crippen LogP contribution in [0.4, 0.5) is 0 Å². The first kappa shape index (κ1) is 15.5. The van der Waals surface area contributed by atoms with Crippen LogP contribution in [0.3, 0.4) is 0 Å². The minimum atomic E-state index is -0.851. The maximum Gasteiger partial charge on any atom is 0.327 e. The summed E-state index contributed by atoms with van der Waals surface area (Å²) in [6.07, 6.45) is 2.55. The maximum absolute atomic E-state index is 11.6. The first-order valence-electron chi connectivity index (χ1n) is 6.69. The number of hydrogen-bond donors (Lipinski definition) is 3. The van der Waals surface area contributed by atoms with Gasteiger partial charge in [-0.25, -0.2) is 0 Å². The molecule has 1 aromatic carbocycles. The van der Waals surface area contributed by atoms with Crippen molar-refractivity contribution in [2.45, 2.75) is 31.7 Å². The van der Waals surface area contributed by atoms with Crippen molar-refractivity contribution in [1.29, 1.82) is 0 Å². The van der Waals surface area contributed by atoms with Crippen molar-refractivity contribution >= 4 is 33.7 Å². The zero-order valence-corrected chi connectivity index (χ0v) is 12.9. The van der Waals surface area contributed by atoms with Gasteiger partial charge in [0.05, 0.1) is 0 Å². The van der Waals surface area contributed by atoms with Crippen LogP contribution >= 0.6 is 15.9 Å². The van der Waals surface area contributed by atoms with Crippen LogP contribution in [0.2, 0.25) is 0 Å². The highest BCUT2D eigenvalue weighted by atomic mass is 79.9. The molecule has 0 saturated heterocycles. The Morgan fingerprint density at radius 1 is 1.10 bits per heavy atom. The van der Waals surface area contributed by atoms with E-state index in [9.17, 15) is 14.4 Å². The Morgan fingerprint density at radius 3 is 2.48 bits per heavy atom. The van der Waals surface area contributed by atoms with Crippen LogP contribution in [0.1, 0.15) is 24.8 Å². The van der Waals surface area contributed by atoms with Gasteiger partial charge in [-0.05, 0) is 30.9 Å². The molecule has 3 N–H and O–H groups in total. The summed E-state index contributed by atoms with van der Waals surface area (Å²) in [4.78, 5) is 34.4. The van der Waals surface area contributed by atoms with E-state index in [4.69, 9.17) is 0 Å². The third-order valence-electron chi connectivity index (χ3n) is 3.01. The molecule has 0 atom stereocenters. The predicted octanol–water partition coefficient (Wildman–Crippen LogP) is 0.808. The Balaban J connectivity index is 1.68. The van der Waals surface area contributed by atoms with E-state index < -0.39 is 11.8 Å². The lowest BCUT2D eigenvalue weighted by atomic mass is 10.1. The van der Waals surface area contributed by atoms with Crippen molar-refractivity contribution < 1.29 is 14.4 Å². The molecule has 112 valence electrons. The minimum Gasteiger partial charge on any atom is -0.345 e. The normalized spacial score (nSPS) is 13.4. The Bertz CT molecular complexity index is 558. The summed E-state index contributed by atoms with van der Waals surface area (Å²) in [7, 11) is 0. The summed E-state index contributed by atoms with van der Waals surface area (Å²) in [5, 5.41) is 2.53. The molecule has 0 spiro atoms. The number of carbonyl (C=O) groups excluding carboxylic acids is 3. The molecule has 0 bridgehead atoms. The van der Waals surface area contributed by atoms with Crippen molar-refractivity contribution in [2.75, 3.05) is 0 Å². The molecule has 6 nitrogen and oxygen atoms in total.